The van der Waals surface area contributed by atoms with E-state index in [1.54, 1.807) is 149 Å². The third-order valence-corrected chi connectivity index (χ3v) is 26.6. The summed E-state index contributed by atoms with van der Waals surface area (Å²) in [5.41, 5.74) is 17.8. The second kappa shape index (κ2) is 40.5. The van der Waals surface area contributed by atoms with Crippen molar-refractivity contribution in [1.82, 2.24) is 29.9 Å². The van der Waals surface area contributed by atoms with E-state index in [-0.39, 0.29) is 52.4 Å². The molecule has 0 saturated heterocycles. The minimum atomic E-state index is -0.285. The van der Waals surface area contributed by atoms with Gasteiger partial charge in [0.1, 0.15) is 82.4 Å². The summed E-state index contributed by atoms with van der Waals surface area (Å²) in [4.78, 5) is 36.7. The van der Waals surface area contributed by atoms with Crippen LogP contribution in [-0.4, -0.2) is 29.9 Å². The van der Waals surface area contributed by atoms with Gasteiger partial charge in [0, 0.05) is 37.9 Å². The van der Waals surface area contributed by atoms with Gasteiger partial charge in [0.2, 0.25) is 0 Å². The zero-order valence-electron chi connectivity index (χ0n) is 65.9. The molecule has 12 aromatic carbocycles. The molecule has 0 aliphatic rings. The summed E-state index contributed by atoms with van der Waals surface area (Å²) in [5.74, 6) is -2.32. The van der Waals surface area contributed by atoms with E-state index < -0.39 is 0 Å². The topological polar surface area (TPSA) is 81.7 Å². The molecule has 6 aromatic heterocycles. The largest absolute Gasteiger partial charge is 0.241 e. The highest BCUT2D eigenvalue weighted by Gasteiger charge is 2.20. The van der Waals surface area contributed by atoms with Crippen LogP contribution >= 0.6 is 91.2 Å². The van der Waals surface area contributed by atoms with Crippen LogP contribution < -0.4 is 0 Å². The van der Waals surface area contributed by atoms with Crippen LogP contribution in [0.5, 0.6) is 0 Å². The normalized spacial score (nSPS) is 10.7. The van der Waals surface area contributed by atoms with Crippen molar-refractivity contribution in [3.8, 4) is 126 Å². The number of halogens is 11. The summed E-state index contributed by atoms with van der Waals surface area (Å²) in [6.45, 7) is 20.6. The fraction of sp³-hybridized carbons (Fsp3) is 0.0714. The van der Waals surface area contributed by atoms with E-state index in [0.29, 0.717) is 21.3 Å². The molecule has 0 saturated carbocycles. The lowest BCUT2D eigenvalue weighted by atomic mass is 10.1. The van der Waals surface area contributed by atoms with Crippen LogP contribution in [0.3, 0.4) is 0 Å². The molecule has 122 heavy (non-hydrogen) atoms. The number of aromatic nitrogens is 6. The fourth-order valence-electron chi connectivity index (χ4n) is 12.2. The lowest BCUT2D eigenvalue weighted by Gasteiger charge is -2.00. The molecule has 6 heterocycles. The Bertz CT molecular complexity index is 6550. The first kappa shape index (κ1) is 87.7. The molecule has 7 nitrogen and oxygen atoms in total. The van der Waals surface area contributed by atoms with Crippen molar-refractivity contribution < 1.29 is 39.5 Å². The molecule has 18 aromatic rings. The van der Waals surface area contributed by atoms with Crippen LogP contribution in [0.15, 0.2) is 285 Å². The highest BCUT2D eigenvalue weighted by atomic mass is 35.5. The average Bonchev–Trinajstić information content (AvgIpc) is 1.70. The number of benzene rings is 12. The summed E-state index contributed by atoms with van der Waals surface area (Å²) < 4.78 is 118. The van der Waals surface area contributed by atoms with Gasteiger partial charge in [-0.1, -0.05) is 163 Å². The Labute approximate surface area is 733 Å². The monoisotopic (exact) mass is 1780 g/mol. The van der Waals surface area contributed by atoms with Crippen molar-refractivity contribution in [2.45, 2.75) is 48.5 Å². The van der Waals surface area contributed by atoms with Gasteiger partial charge in [-0.15, -0.1) is 68.0 Å². The molecular weight excluding hydrogens is 1710 g/mol. The number of thiazole rings is 6. The molecular formula is C98H68Cl2F9N7S6. The molecule has 0 bridgehead atoms. The van der Waals surface area contributed by atoms with Gasteiger partial charge in [0.05, 0.1) is 70.0 Å². The maximum absolute atomic E-state index is 13.8. The Morgan fingerprint density at radius 1 is 0.246 bits per heavy atom. The smallest absolute Gasteiger partial charge is 0.187 e. The number of hydrogen-bond donors (Lipinski definition) is 0. The first-order valence-electron chi connectivity index (χ1n) is 37.4. The van der Waals surface area contributed by atoms with Crippen LogP contribution in [0.25, 0.3) is 131 Å². The van der Waals surface area contributed by atoms with Crippen LogP contribution in [0, 0.1) is 107 Å². The molecule has 0 aliphatic carbocycles. The van der Waals surface area contributed by atoms with Gasteiger partial charge in [0.15, 0.2) is 5.69 Å². The number of nitrogens with zero attached hydrogens (tertiary/aromatic N) is 7. The SMILES string of the molecule is Cc1ccc(-c2nc(C)c(-c3ccc(F)cc3)s2)cc1Cl.Cc1nc(-c2ccc(F)cc2)sc1-c1ccc(F)cc1.Cc1nc(-c2cccc(Cl)c2)sc1-c1ccc(F)cc1.Cc1nc(-c2cccc(F)c2)sc1-c1ccc(F)cc1.Cc1nc(-c2ccccc2F)sc1-c1ccc(F)cc1.[C-]#[N+]c1cccc(-c2nc(C)c(-c3ccc(F)cc3)s2)c1. The Kier molecular flexibility index (Phi) is 29.1. The van der Waals surface area contributed by atoms with Gasteiger partial charge >= 0.3 is 0 Å². The van der Waals surface area contributed by atoms with E-state index in [1.807, 2.05) is 115 Å². The molecule has 0 atom stereocenters. The van der Waals surface area contributed by atoms with Crippen LogP contribution in [-0.2, 0) is 0 Å². The summed E-state index contributed by atoms with van der Waals surface area (Å²) in [6, 6.07) is 78.5. The fourth-order valence-corrected chi connectivity index (χ4v) is 19.0. The highest BCUT2D eigenvalue weighted by molar-refractivity contribution is 7.20. The van der Waals surface area contributed by atoms with E-state index in [4.69, 9.17) is 29.8 Å². The third kappa shape index (κ3) is 22.5. The van der Waals surface area contributed by atoms with Crippen molar-refractivity contribution in [3.63, 3.8) is 0 Å². The van der Waals surface area contributed by atoms with Crippen molar-refractivity contribution in [2.24, 2.45) is 0 Å². The Hall–Kier alpha value is -12.1. The molecule has 0 radical (unpaired) electrons. The van der Waals surface area contributed by atoms with E-state index in [1.165, 1.54) is 137 Å². The summed E-state index contributed by atoms with van der Waals surface area (Å²) in [5, 5.41) is 6.39. The average molecular weight is 1780 g/mol. The molecule has 0 unspecified atom stereocenters. The van der Waals surface area contributed by atoms with Gasteiger partial charge < -0.3 is 0 Å². The van der Waals surface area contributed by atoms with Gasteiger partial charge in [-0.2, -0.15) is 0 Å². The maximum atomic E-state index is 13.8. The number of hydrogen-bond acceptors (Lipinski definition) is 12. The standard InChI is InChI=1S/C17H13ClFNS.C17H11FN2S.C16H11ClFNS.3C16H11F2NS/c1-10-3-4-13(9-15(10)18)17-20-11(2)16(21-17)12-5-7-14(19)8-6-12;1-11-16(12-6-8-14(18)9-7-12)21-17(20-11)13-4-3-5-15(10-13)19-2;1-10-15(11-5-7-14(18)8-6-11)20-16(19-10)12-3-2-4-13(17)9-12;1-10-15(11-2-6-13(17)7-3-11)20-16(19-10)12-4-8-14(18)9-5-12;1-10-15(11-5-7-13(17)8-6-11)20-16(19-10)12-3-2-4-14(18)9-12;1-10-15(11-6-8-12(17)9-7-11)20-16(19-10)13-4-2-3-5-14(13)18/h3-9H,1-2H3;3-10H,1H3;4*2-9H,1H3. The predicted octanol–water partition coefficient (Wildman–Crippen LogP) is 32.1. The zero-order chi connectivity index (χ0) is 86.3. The molecule has 24 heteroatoms. The first-order valence-corrected chi connectivity index (χ1v) is 43.1. The number of aryl methyl sites for hydroxylation is 7. The molecule has 608 valence electrons. The summed E-state index contributed by atoms with van der Waals surface area (Å²) in [7, 11) is 0. The Balaban J connectivity index is 0.000000126. The maximum Gasteiger partial charge on any atom is 0.187 e. The van der Waals surface area contributed by atoms with Crippen molar-refractivity contribution in [2.75, 3.05) is 0 Å². The summed E-state index contributed by atoms with van der Waals surface area (Å²) in [6.07, 6.45) is 0. The Morgan fingerprint density at radius 2 is 0.516 bits per heavy atom. The summed E-state index contributed by atoms with van der Waals surface area (Å²) >= 11 is 21.3. The lowest BCUT2D eigenvalue weighted by molar-refractivity contribution is 0.627. The number of rotatable bonds is 12. The molecule has 0 aliphatic heterocycles. The van der Waals surface area contributed by atoms with Crippen LogP contribution in [0.2, 0.25) is 10.0 Å². The molecule has 0 spiro atoms. The van der Waals surface area contributed by atoms with E-state index in [9.17, 15) is 39.5 Å². The van der Waals surface area contributed by atoms with E-state index >= 15 is 0 Å². The van der Waals surface area contributed by atoms with E-state index in [0.717, 1.165) is 160 Å². The minimum Gasteiger partial charge on any atom is -0.241 e. The van der Waals surface area contributed by atoms with Crippen molar-refractivity contribution in [1.29, 1.82) is 0 Å². The van der Waals surface area contributed by atoms with Crippen LogP contribution in [0.4, 0.5) is 45.2 Å². The molecule has 0 amide bonds. The predicted molar refractivity (Wildman–Crippen MR) is 487 cm³/mol. The molecule has 18 rings (SSSR count). The van der Waals surface area contributed by atoms with Gasteiger partial charge in [-0.3, -0.25) is 0 Å². The second-order valence-electron chi connectivity index (χ2n) is 27.3. The second-order valence-corrected chi connectivity index (χ2v) is 34.1. The zero-order valence-corrected chi connectivity index (χ0v) is 72.3. The minimum absolute atomic E-state index is 0.230. The van der Waals surface area contributed by atoms with Crippen LogP contribution in [0.1, 0.15) is 39.7 Å². The van der Waals surface area contributed by atoms with Gasteiger partial charge in [-0.05, 0) is 239 Å². The first-order chi connectivity index (χ1) is 58.8. The van der Waals surface area contributed by atoms with E-state index in [2.05, 4.69) is 34.7 Å². The van der Waals surface area contributed by atoms with Crippen molar-refractivity contribution >= 4 is 96.9 Å². The lowest BCUT2D eigenvalue weighted by Crippen LogP contribution is -1.82. The van der Waals surface area contributed by atoms with Crippen molar-refractivity contribution in [3.05, 3.63) is 399 Å². The third-order valence-electron chi connectivity index (χ3n) is 18.4. The quantitative estimate of drug-likeness (QED) is 0.0895. The highest BCUT2D eigenvalue weighted by Crippen LogP contribution is 2.43. The van der Waals surface area contributed by atoms with Gasteiger partial charge in [-0.25, -0.2) is 74.3 Å². The molecule has 0 N–H and O–H groups in total. The molecule has 0 fully saturated rings. The Morgan fingerprint density at radius 3 is 0.836 bits per heavy atom. The van der Waals surface area contributed by atoms with Gasteiger partial charge in [0.25, 0.3) is 0 Å².